The van der Waals surface area contributed by atoms with Crippen LogP contribution in [0.2, 0.25) is 0 Å². The molecule has 130 valence electrons. The quantitative estimate of drug-likeness (QED) is 0.817. The second-order valence-electron chi connectivity index (χ2n) is 6.92. The number of aromatic nitrogens is 1. The summed E-state index contributed by atoms with van der Waals surface area (Å²) in [4.78, 5) is 18.7. The minimum atomic E-state index is -0.852. The summed E-state index contributed by atoms with van der Waals surface area (Å²) in [5.41, 5.74) is 0.195. The number of carbonyl (C=O) groups is 1. The number of likely N-dealkylation sites (tertiary alicyclic amines) is 1. The van der Waals surface area contributed by atoms with Crippen molar-refractivity contribution in [3.8, 4) is 0 Å². The second kappa shape index (κ2) is 7.07. The standard InChI is InChI=1S/C18H25N3O2S/c1-18(2,23)15-9-6-12-21(15)17(22)19-11-5-10-16-20-13-7-3-4-8-14(13)24-16/h3-4,7-8,15,23H,5-6,9-12H2,1-2H3,(H,19,22)/t15-/m1/s1. The van der Waals surface area contributed by atoms with E-state index in [0.29, 0.717) is 6.54 Å². The molecule has 2 aromatic rings. The largest absolute Gasteiger partial charge is 0.388 e. The minimum Gasteiger partial charge on any atom is -0.388 e. The molecule has 1 aromatic carbocycles. The molecule has 0 radical (unpaired) electrons. The second-order valence-corrected chi connectivity index (χ2v) is 8.03. The lowest BCUT2D eigenvalue weighted by molar-refractivity contribution is 0.00985. The SMILES string of the molecule is CC(C)(O)[C@H]1CCCN1C(=O)NCCCc1nc2ccccc2s1. The molecule has 2 heterocycles. The van der Waals surface area contributed by atoms with Gasteiger partial charge in [-0.15, -0.1) is 11.3 Å². The lowest BCUT2D eigenvalue weighted by Gasteiger charge is -2.33. The van der Waals surface area contributed by atoms with Crippen LogP contribution < -0.4 is 5.32 Å². The maximum atomic E-state index is 12.3. The molecule has 6 heteroatoms. The predicted octanol–water partition coefficient (Wildman–Crippen LogP) is 3.17. The maximum absolute atomic E-state index is 12.3. The number of urea groups is 1. The maximum Gasteiger partial charge on any atom is 0.317 e. The number of nitrogens with zero attached hydrogens (tertiary/aromatic N) is 2. The Bertz CT molecular complexity index is 675. The van der Waals surface area contributed by atoms with Gasteiger partial charge in [-0.1, -0.05) is 12.1 Å². The van der Waals surface area contributed by atoms with Crippen LogP contribution in [0.5, 0.6) is 0 Å². The van der Waals surface area contributed by atoms with E-state index in [9.17, 15) is 9.90 Å². The van der Waals surface area contributed by atoms with Crippen molar-refractivity contribution in [3.05, 3.63) is 29.3 Å². The first kappa shape index (κ1) is 17.2. The summed E-state index contributed by atoms with van der Waals surface area (Å²) in [6.45, 7) is 4.90. The molecule has 1 aliphatic rings. The first-order valence-electron chi connectivity index (χ1n) is 8.56. The molecule has 1 aromatic heterocycles. The van der Waals surface area contributed by atoms with Gasteiger partial charge in [0.1, 0.15) is 0 Å². The van der Waals surface area contributed by atoms with Crippen LogP contribution in [0.3, 0.4) is 0 Å². The molecule has 1 saturated heterocycles. The number of nitrogens with one attached hydrogen (secondary N) is 1. The van der Waals surface area contributed by atoms with Crippen LogP contribution in [-0.4, -0.2) is 45.8 Å². The third-order valence-electron chi connectivity index (χ3n) is 4.51. The highest BCUT2D eigenvalue weighted by molar-refractivity contribution is 7.18. The van der Waals surface area contributed by atoms with E-state index in [1.165, 1.54) is 4.70 Å². The van der Waals surface area contributed by atoms with E-state index < -0.39 is 5.60 Å². The highest BCUT2D eigenvalue weighted by Gasteiger charge is 2.38. The van der Waals surface area contributed by atoms with Crippen LogP contribution in [-0.2, 0) is 6.42 Å². The van der Waals surface area contributed by atoms with Gasteiger partial charge in [-0.05, 0) is 45.2 Å². The number of thiazole rings is 1. The van der Waals surface area contributed by atoms with Gasteiger partial charge in [-0.2, -0.15) is 0 Å². The summed E-state index contributed by atoms with van der Waals surface area (Å²) in [7, 11) is 0. The summed E-state index contributed by atoms with van der Waals surface area (Å²) in [6.07, 6.45) is 3.55. The van der Waals surface area contributed by atoms with Gasteiger partial charge in [0, 0.05) is 19.5 Å². The molecule has 1 aliphatic heterocycles. The van der Waals surface area contributed by atoms with Gasteiger partial charge in [-0.25, -0.2) is 9.78 Å². The molecule has 0 unspecified atom stereocenters. The zero-order valence-electron chi connectivity index (χ0n) is 14.3. The molecule has 2 amide bonds. The number of rotatable bonds is 5. The molecule has 2 N–H and O–H groups in total. The molecule has 0 saturated carbocycles. The van der Waals surface area contributed by atoms with E-state index in [2.05, 4.69) is 16.4 Å². The highest BCUT2D eigenvalue weighted by Crippen LogP contribution is 2.26. The van der Waals surface area contributed by atoms with Gasteiger partial charge in [-0.3, -0.25) is 0 Å². The van der Waals surface area contributed by atoms with Crippen molar-refractivity contribution in [1.29, 1.82) is 0 Å². The Labute approximate surface area is 146 Å². The van der Waals surface area contributed by atoms with Gasteiger partial charge < -0.3 is 15.3 Å². The Morgan fingerprint density at radius 1 is 1.46 bits per heavy atom. The van der Waals surface area contributed by atoms with E-state index in [-0.39, 0.29) is 12.1 Å². The molecule has 24 heavy (non-hydrogen) atoms. The number of hydrogen-bond acceptors (Lipinski definition) is 4. The van der Waals surface area contributed by atoms with Crippen LogP contribution in [0.1, 0.15) is 38.1 Å². The Hall–Kier alpha value is -1.66. The van der Waals surface area contributed by atoms with Gasteiger partial charge in [0.15, 0.2) is 0 Å². The van der Waals surface area contributed by atoms with Crippen LogP contribution in [0, 0.1) is 0 Å². The van der Waals surface area contributed by atoms with Crippen molar-refractivity contribution in [3.63, 3.8) is 0 Å². The molecule has 1 fully saturated rings. The van der Waals surface area contributed by atoms with Gasteiger partial charge in [0.05, 0.1) is 26.9 Å². The number of para-hydroxylation sites is 1. The minimum absolute atomic E-state index is 0.0658. The topological polar surface area (TPSA) is 65.5 Å². The van der Waals surface area contributed by atoms with Crippen molar-refractivity contribution in [1.82, 2.24) is 15.2 Å². The van der Waals surface area contributed by atoms with Crippen molar-refractivity contribution in [2.75, 3.05) is 13.1 Å². The molecule has 1 atom stereocenters. The number of carbonyl (C=O) groups excluding carboxylic acids is 1. The third kappa shape index (κ3) is 3.87. The lowest BCUT2D eigenvalue weighted by atomic mass is 9.97. The zero-order valence-corrected chi connectivity index (χ0v) is 15.1. The number of aryl methyl sites for hydroxylation is 1. The first-order valence-corrected chi connectivity index (χ1v) is 9.38. The van der Waals surface area contributed by atoms with Crippen molar-refractivity contribution in [2.45, 2.75) is 51.2 Å². The Kier molecular flexibility index (Phi) is 5.06. The average Bonchev–Trinajstić information content (AvgIpc) is 3.16. The number of aliphatic hydroxyl groups is 1. The van der Waals surface area contributed by atoms with Crippen LogP contribution >= 0.6 is 11.3 Å². The molecular weight excluding hydrogens is 322 g/mol. The summed E-state index contributed by atoms with van der Waals surface area (Å²) >= 11 is 1.72. The normalized spacial score (nSPS) is 18.3. The summed E-state index contributed by atoms with van der Waals surface area (Å²) in [5, 5.41) is 14.3. The van der Waals surface area contributed by atoms with Crippen LogP contribution in [0.15, 0.2) is 24.3 Å². The van der Waals surface area contributed by atoms with Gasteiger partial charge in [0.25, 0.3) is 0 Å². The summed E-state index contributed by atoms with van der Waals surface area (Å²) in [6, 6.07) is 7.98. The van der Waals surface area contributed by atoms with Gasteiger partial charge in [0.2, 0.25) is 0 Å². The lowest BCUT2D eigenvalue weighted by Crippen LogP contribution is -2.51. The highest BCUT2D eigenvalue weighted by atomic mass is 32.1. The van der Waals surface area contributed by atoms with Crippen molar-refractivity contribution < 1.29 is 9.90 Å². The molecule has 3 rings (SSSR count). The molecule has 0 aliphatic carbocycles. The predicted molar refractivity (Wildman–Crippen MR) is 97.4 cm³/mol. The van der Waals surface area contributed by atoms with Crippen LogP contribution in [0.25, 0.3) is 10.2 Å². The van der Waals surface area contributed by atoms with Crippen molar-refractivity contribution >= 4 is 27.6 Å². The Morgan fingerprint density at radius 2 is 2.25 bits per heavy atom. The molecule has 5 nitrogen and oxygen atoms in total. The van der Waals surface area contributed by atoms with E-state index >= 15 is 0 Å². The van der Waals surface area contributed by atoms with E-state index in [0.717, 1.165) is 42.8 Å². The Balaban J connectivity index is 1.47. The van der Waals surface area contributed by atoms with E-state index in [1.807, 2.05) is 18.2 Å². The fourth-order valence-corrected chi connectivity index (χ4v) is 4.32. The molecule has 0 bridgehead atoms. The fourth-order valence-electron chi connectivity index (χ4n) is 3.31. The van der Waals surface area contributed by atoms with Gasteiger partial charge >= 0.3 is 6.03 Å². The van der Waals surface area contributed by atoms with E-state index in [4.69, 9.17) is 0 Å². The van der Waals surface area contributed by atoms with Crippen LogP contribution in [0.4, 0.5) is 4.79 Å². The third-order valence-corrected chi connectivity index (χ3v) is 5.61. The zero-order chi connectivity index (χ0) is 17.2. The summed E-state index contributed by atoms with van der Waals surface area (Å²) in [5.74, 6) is 0. The number of fused-ring (bicyclic) bond motifs is 1. The Morgan fingerprint density at radius 3 is 3.00 bits per heavy atom. The monoisotopic (exact) mass is 347 g/mol. The smallest absolute Gasteiger partial charge is 0.317 e. The first-order chi connectivity index (χ1) is 11.4. The number of amides is 2. The summed E-state index contributed by atoms with van der Waals surface area (Å²) < 4.78 is 1.21. The molecular formula is C18H25N3O2S. The van der Waals surface area contributed by atoms with E-state index in [1.54, 1.807) is 30.1 Å². The fraction of sp³-hybridized carbons (Fsp3) is 0.556. The van der Waals surface area contributed by atoms with Crippen molar-refractivity contribution in [2.24, 2.45) is 0 Å². The average molecular weight is 347 g/mol. The number of benzene rings is 1. The molecule has 0 spiro atoms. The number of hydrogen-bond donors (Lipinski definition) is 2.